The Kier molecular flexibility index (Phi) is 3.92. The van der Waals surface area contributed by atoms with Crippen molar-refractivity contribution < 1.29 is 0 Å². The molecule has 0 spiro atoms. The number of aromatic nitrogens is 2. The van der Waals surface area contributed by atoms with Crippen LogP contribution >= 0.6 is 0 Å². The first-order valence-corrected chi connectivity index (χ1v) is 7.98. The van der Waals surface area contributed by atoms with Gasteiger partial charge in [0.05, 0.1) is 6.33 Å². The first kappa shape index (κ1) is 13.2. The number of imidazole rings is 1. The summed E-state index contributed by atoms with van der Waals surface area (Å²) in [6, 6.07) is 0. The molecule has 2 aliphatic rings. The standard InChI is InChI=1S/C16H27N3/c1-16(7-3-2-4-8-16)12-19-13-18-11-15(19)14-6-5-9-17-10-14/h11,13-14,17H,2-10,12H2,1H3. The Morgan fingerprint density at radius 1 is 1.32 bits per heavy atom. The Morgan fingerprint density at radius 2 is 2.16 bits per heavy atom. The minimum atomic E-state index is 0.496. The third-order valence-corrected chi connectivity index (χ3v) is 5.07. The first-order valence-electron chi connectivity index (χ1n) is 7.98. The van der Waals surface area contributed by atoms with E-state index in [9.17, 15) is 0 Å². The lowest BCUT2D eigenvalue weighted by Gasteiger charge is -2.35. The molecule has 3 heteroatoms. The van der Waals surface area contributed by atoms with E-state index in [1.165, 1.54) is 63.7 Å². The lowest BCUT2D eigenvalue weighted by molar-refractivity contribution is 0.180. The molecule has 1 saturated carbocycles. The van der Waals surface area contributed by atoms with E-state index in [1.807, 2.05) is 0 Å². The van der Waals surface area contributed by atoms with Crippen molar-refractivity contribution >= 4 is 0 Å². The van der Waals surface area contributed by atoms with Crippen LogP contribution in [0.4, 0.5) is 0 Å². The average Bonchev–Trinajstić information content (AvgIpc) is 2.88. The summed E-state index contributed by atoms with van der Waals surface area (Å²) in [5, 5.41) is 3.52. The fraction of sp³-hybridized carbons (Fsp3) is 0.812. The average molecular weight is 261 g/mol. The van der Waals surface area contributed by atoms with E-state index in [1.54, 1.807) is 0 Å². The molecule has 3 rings (SSSR count). The molecule has 0 radical (unpaired) electrons. The minimum absolute atomic E-state index is 0.496. The van der Waals surface area contributed by atoms with Gasteiger partial charge in [-0.3, -0.25) is 0 Å². The molecule has 1 N–H and O–H groups in total. The van der Waals surface area contributed by atoms with Crippen molar-refractivity contribution in [2.75, 3.05) is 13.1 Å². The molecule has 0 aromatic carbocycles. The number of nitrogens with zero attached hydrogens (tertiary/aromatic N) is 2. The summed E-state index contributed by atoms with van der Waals surface area (Å²) in [6.07, 6.45) is 13.8. The number of rotatable bonds is 3. The van der Waals surface area contributed by atoms with E-state index in [2.05, 4.69) is 34.3 Å². The van der Waals surface area contributed by atoms with Crippen molar-refractivity contribution in [2.24, 2.45) is 5.41 Å². The maximum absolute atomic E-state index is 4.43. The molecule has 1 aliphatic heterocycles. The van der Waals surface area contributed by atoms with Crippen LogP contribution in [0.1, 0.15) is 63.5 Å². The van der Waals surface area contributed by atoms with Crippen LogP contribution in [-0.4, -0.2) is 22.6 Å². The van der Waals surface area contributed by atoms with Crippen molar-refractivity contribution in [1.82, 2.24) is 14.9 Å². The molecule has 0 bridgehead atoms. The summed E-state index contributed by atoms with van der Waals surface area (Å²) >= 11 is 0. The molecule has 1 aromatic rings. The van der Waals surface area contributed by atoms with Gasteiger partial charge < -0.3 is 9.88 Å². The third-order valence-electron chi connectivity index (χ3n) is 5.07. The van der Waals surface area contributed by atoms with Gasteiger partial charge in [-0.25, -0.2) is 4.98 Å². The van der Waals surface area contributed by atoms with Crippen LogP contribution in [0.25, 0.3) is 0 Å². The summed E-state index contributed by atoms with van der Waals surface area (Å²) in [6.45, 7) is 5.94. The topological polar surface area (TPSA) is 29.9 Å². The fourth-order valence-electron chi connectivity index (χ4n) is 3.88. The first-order chi connectivity index (χ1) is 9.27. The molecule has 19 heavy (non-hydrogen) atoms. The second-order valence-electron chi connectivity index (χ2n) is 6.86. The van der Waals surface area contributed by atoms with Crippen molar-refractivity contribution in [3.05, 3.63) is 18.2 Å². The van der Waals surface area contributed by atoms with Crippen molar-refractivity contribution in [2.45, 2.75) is 64.3 Å². The van der Waals surface area contributed by atoms with Crippen molar-refractivity contribution in [3.8, 4) is 0 Å². The van der Waals surface area contributed by atoms with Gasteiger partial charge >= 0.3 is 0 Å². The third kappa shape index (κ3) is 3.02. The largest absolute Gasteiger partial charge is 0.334 e. The summed E-state index contributed by atoms with van der Waals surface area (Å²) < 4.78 is 2.45. The Labute approximate surface area is 116 Å². The van der Waals surface area contributed by atoms with Gasteiger partial charge in [-0.05, 0) is 37.6 Å². The van der Waals surface area contributed by atoms with Crippen LogP contribution in [0.2, 0.25) is 0 Å². The van der Waals surface area contributed by atoms with Gasteiger partial charge in [0.2, 0.25) is 0 Å². The molecule has 1 aliphatic carbocycles. The molecular formula is C16H27N3. The second kappa shape index (κ2) is 5.66. The van der Waals surface area contributed by atoms with Gasteiger partial charge in [-0.15, -0.1) is 0 Å². The van der Waals surface area contributed by atoms with Gasteiger partial charge in [0.15, 0.2) is 0 Å². The van der Waals surface area contributed by atoms with Crippen LogP contribution in [0, 0.1) is 5.41 Å². The van der Waals surface area contributed by atoms with E-state index < -0.39 is 0 Å². The fourth-order valence-corrected chi connectivity index (χ4v) is 3.88. The summed E-state index contributed by atoms with van der Waals surface area (Å²) in [5.41, 5.74) is 1.95. The highest BCUT2D eigenvalue weighted by molar-refractivity contribution is 5.09. The number of hydrogen-bond donors (Lipinski definition) is 1. The Hall–Kier alpha value is -0.830. The van der Waals surface area contributed by atoms with Crippen LogP contribution in [0.3, 0.4) is 0 Å². The molecule has 1 unspecified atom stereocenters. The Balaban J connectivity index is 1.72. The summed E-state index contributed by atoms with van der Waals surface area (Å²) in [7, 11) is 0. The zero-order valence-electron chi connectivity index (χ0n) is 12.2. The predicted molar refractivity (Wildman–Crippen MR) is 78.3 cm³/mol. The van der Waals surface area contributed by atoms with E-state index in [-0.39, 0.29) is 0 Å². The molecule has 1 aromatic heterocycles. The second-order valence-corrected chi connectivity index (χ2v) is 6.86. The van der Waals surface area contributed by atoms with Crippen LogP contribution in [0.15, 0.2) is 12.5 Å². The minimum Gasteiger partial charge on any atom is -0.334 e. The highest BCUT2D eigenvalue weighted by atomic mass is 15.1. The van der Waals surface area contributed by atoms with E-state index in [0.29, 0.717) is 11.3 Å². The smallest absolute Gasteiger partial charge is 0.0948 e. The number of piperidine rings is 1. The normalized spacial score (nSPS) is 27.3. The van der Waals surface area contributed by atoms with E-state index in [0.717, 1.165) is 6.54 Å². The van der Waals surface area contributed by atoms with E-state index >= 15 is 0 Å². The van der Waals surface area contributed by atoms with Crippen molar-refractivity contribution in [3.63, 3.8) is 0 Å². The van der Waals surface area contributed by atoms with Gasteiger partial charge in [0.25, 0.3) is 0 Å². The highest BCUT2D eigenvalue weighted by Crippen LogP contribution is 2.38. The molecule has 1 saturated heterocycles. The van der Waals surface area contributed by atoms with Crippen molar-refractivity contribution in [1.29, 1.82) is 0 Å². The lowest BCUT2D eigenvalue weighted by Crippen LogP contribution is -2.31. The zero-order chi connectivity index (χ0) is 13.1. The van der Waals surface area contributed by atoms with Crippen LogP contribution in [-0.2, 0) is 6.54 Å². The summed E-state index contributed by atoms with van der Waals surface area (Å²) in [4.78, 5) is 4.43. The molecule has 0 amide bonds. The number of hydrogen-bond acceptors (Lipinski definition) is 2. The molecule has 2 heterocycles. The molecule has 106 valence electrons. The Morgan fingerprint density at radius 3 is 2.89 bits per heavy atom. The van der Waals surface area contributed by atoms with Crippen LogP contribution < -0.4 is 5.32 Å². The lowest BCUT2D eigenvalue weighted by atomic mass is 9.75. The zero-order valence-corrected chi connectivity index (χ0v) is 12.2. The van der Waals surface area contributed by atoms with E-state index in [4.69, 9.17) is 0 Å². The van der Waals surface area contributed by atoms with Gasteiger partial charge in [-0.1, -0.05) is 26.2 Å². The van der Waals surface area contributed by atoms with Gasteiger partial charge in [0, 0.05) is 30.9 Å². The molecule has 3 nitrogen and oxygen atoms in total. The molecule has 1 atom stereocenters. The van der Waals surface area contributed by atoms with Gasteiger partial charge in [-0.2, -0.15) is 0 Å². The maximum Gasteiger partial charge on any atom is 0.0948 e. The highest BCUT2D eigenvalue weighted by Gasteiger charge is 2.29. The quantitative estimate of drug-likeness (QED) is 0.904. The van der Waals surface area contributed by atoms with Gasteiger partial charge in [0.1, 0.15) is 0 Å². The molecular weight excluding hydrogens is 234 g/mol. The molecule has 2 fully saturated rings. The maximum atomic E-state index is 4.43. The SMILES string of the molecule is CC1(Cn2cncc2C2CCCNC2)CCCCC1. The monoisotopic (exact) mass is 261 g/mol. The summed E-state index contributed by atoms with van der Waals surface area (Å²) in [5.74, 6) is 0.670. The Bertz CT molecular complexity index is 398. The number of nitrogens with one attached hydrogen (secondary N) is 1. The predicted octanol–water partition coefficient (Wildman–Crippen LogP) is 3.32. The van der Waals surface area contributed by atoms with Crippen LogP contribution in [0.5, 0.6) is 0 Å².